The zero-order valence-electron chi connectivity index (χ0n) is 11.5. The first-order valence-corrected chi connectivity index (χ1v) is 7.02. The molecule has 0 saturated carbocycles. The van der Waals surface area contributed by atoms with Crippen molar-refractivity contribution in [2.45, 2.75) is 25.5 Å². The van der Waals surface area contributed by atoms with Crippen LogP contribution in [0.5, 0.6) is 5.75 Å². The average molecular weight is 271 g/mol. The molecule has 3 heteroatoms. The normalized spacial score (nSPS) is 21.1. The van der Waals surface area contributed by atoms with E-state index < -0.39 is 0 Å². The van der Waals surface area contributed by atoms with Crippen LogP contribution in [-0.4, -0.2) is 6.54 Å². The van der Waals surface area contributed by atoms with E-state index in [2.05, 4.69) is 24.4 Å². The third-order valence-corrected chi connectivity index (χ3v) is 3.69. The van der Waals surface area contributed by atoms with Crippen LogP contribution in [0.25, 0.3) is 0 Å². The summed E-state index contributed by atoms with van der Waals surface area (Å²) in [7, 11) is 0. The standard InChI is InChI=1S/C17H18FNO/c1-2-19-15-11-17(12-6-4-3-5-7-12)20-16-9-8-13(18)10-14(15)16/h3-10,15,17,19H,2,11H2,1H3. The van der Waals surface area contributed by atoms with E-state index in [4.69, 9.17) is 4.74 Å². The Labute approximate surface area is 118 Å². The summed E-state index contributed by atoms with van der Waals surface area (Å²) < 4.78 is 19.5. The Morgan fingerprint density at radius 1 is 1.20 bits per heavy atom. The third-order valence-electron chi connectivity index (χ3n) is 3.69. The maximum atomic E-state index is 13.4. The highest BCUT2D eigenvalue weighted by Crippen LogP contribution is 2.40. The summed E-state index contributed by atoms with van der Waals surface area (Å²) in [5.74, 6) is 0.561. The van der Waals surface area contributed by atoms with Gasteiger partial charge in [-0.25, -0.2) is 4.39 Å². The van der Waals surface area contributed by atoms with Crippen molar-refractivity contribution in [1.29, 1.82) is 0 Å². The molecule has 104 valence electrons. The van der Waals surface area contributed by atoms with Crippen molar-refractivity contribution in [3.05, 3.63) is 65.5 Å². The number of hydrogen-bond acceptors (Lipinski definition) is 2. The molecule has 0 aromatic heterocycles. The lowest BCUT2D eigenvalue weighted by Gasteiger charge is -2.33. The Morgan fingerprint density at radius 3 is 2.75 bits per heavy atom. The highest BCUT2D eigenvalue weighted by molar-refractivity contribution is 5.39. The Balaban J connectivity index is 1.95. The molecule has 1 heterocycles. The van der Waals surface area contributed by atoms with Crippen molar-refractivity contribution in [3.63, 3.8) is 0 Å². The van der Waals surface area contributed by atoms with Gasteiger partial charge in [0, 0.05) is 18.0 Å². The number of nitrogens with one attached hydrogen (secondary N) is 1. The lowest BCUT2D eigenvalue weighted by Crippen LogP contribution is -2.29. The van der Waals surface area contributed by atoms with Crippen molar-refractivity contribution in [2.75, 3.05) is 6.54 Å². The van der Waals surface area contributed by atoms with Crippen molar-refractivity contribution in [1.82, 2.24) is 5.32 Å². The Bertz CT molecular complexity index is 585. The van der Waals surface area contributed by atoms with Crippen LogP contribution in [0, 0.1) is 5.82 Å². The summed E-state index contributed by atoms with van der Waals surface area (Å²) >= 11 is 0. The molecule has 2 unspecified atom stereocenters. The predicted molar refractivity (Wildman–Crippen MR) is 77.2 cm³/mol. The molecule has 1 aliphatic rings. The molecule has 1 aliphatic heterocycles. The molecule has 0 spiro atoms. The van der Waals surface area contributed by atoms with E-state index in [0.29, 0.717) is 0 Å². The largest absolute Gasteiger partial charge is 0.485 e. The Kier molecular flexibility index (Phi) is 3.70. The fourth-order valence-electron chi connectivity index (χ4n) is 2.75. The van der Waals surface area contributed by atoms with Gasteiger partial charge < -0.3 is 10.1 Å². The number of hydrogen-bond donors (Lipinski definition) is 1. The molecule has 2 nitrogen and oxygen atoms in total. The SMILES string of the molecule is CCNC1CC(c2ccccc2)Oc2ccc(F)cc21. The molecule has 0 bridgehead atoms. The maximum absolute atomic E-state index is 13.4. The van der Waals surface area contributed by atoms with E-state index in [1.54, 1.807) is 12.1 Å². The molecular weight excluding hydrogens is 253 g/mol. The van der Waals surface area contributed by atoms with Gasteiger partial charge in [0.1, 0.15) is 17.7 Å². The zero-order valence-corrected chi connectivity index (χ0v) is 11.5. The molecule has 2 aromatic carbocycles. The molecule has 0 fully saturated rings. The Morgan fingerprint density at radius 2 is 2.00 bits per heavy atom. The lowest BCUT2D eigenvalue weighted by atomic mass is 9.93. The Hall–Kier alpha value is -1.87. The van der Waals surface area contributed by atoms with Crippen LogP contribution < -0.4 is 10.1 Å². The summed E-state index contributed by atoms with van der Waals surface area (Å²) in [5.41, 5.74) is 2.07. The molecule has 0 amide bonds. The molecule has 20 heavy (non-hydrogen) atoms. The van der Waals surface area contributed by atoms with Crippen LogP contribution in [-0.2, 0) is 0 Å². The molecule has 2 aromatic rings. The van der Waals surface area contributed by atoms with E-state index in [1.807, 2.05) is 18.2 Å². The lowest BCUT2D eigenvalue weighted by molar-refractivity contribution is 0.151. The van der Waals surface area contributed by atoms with Crippen LogP contribution in [0.15, 0.2) is 48.5 Å². The van der Waals surface area contributed by atoms with Crippen LogP contribution in [0.1, 0.15) is 36.6 Å². The highest BCUT2D eigenvalue weighted by atomic mass is 19.1. The maximum Gasteiger partial charge on any atom is 0.126 e. The molecule has 0 radical (unpaired) electrons. The molecule has 2 atom stereocenters. The summed E-state index contributed by atoms with van der Waals surface area (Å²) in [5, 5.41) is 3.42. The van der Waals surface area contributed by atoms with Crippen molar-refractivity contribution < 1.29 is 9.13 Å². The number of ether oxygens (including phenoxy) is 1. The van der Waals surface area contributed by atoms with Crippen LogP contribution in [0.4, 0.5) is 4.39 Å². The quantitative estimate of drug-likeness (QED) is 0.911. The van der Waals surface area contributed by atoms with Gasteiger partial charge in [-0.2, -0.15) is 0 Å². The van der Waals surface area contributed by atoms with Crippen molar-refractivity contribution in [3.8, 4) is 5.75 Å². The summed E-state index contributed by atoms with van der Waals surface area (Å²) in [6, 6.07) is 15.1. The monoisotopic (exact) mass is 271 g/mol. The first-order chi connectivity index (χ1) is 9.78. The van der Waals surface area contributed by atoms with Gasteiger partial charge in [-0.3, -0.25) is 0 Å². The topological polar surface area (TPSA) is 21.3 Å². The van der Waals surface area contributed by atoms with Gasteiger partial charge in [0.25, 0.3) is 0 Å². The minimum Gasteiger partial charge on any atom is -0.485 e. The van der Waals surface area contributed by atoms with E-state index >= 15 is 0 Å². The second kappa shape index (κ2) is 5.63. The predicted octanol–water partition coefficient (Wildman–Crippen LogP) is 4.00. The van der Waals surface area contributed by atoms with E-state index in [9.17, 15) is 4.39 Å². The molecular formula is C17H18FNO. The fraction of sp³-hybridized carbons (Fsp3) is 0.294. The average Bonchev–Trinajstić information content (AvgIpc) is 2.49. The highest BCUT2D eigenvalue weighted by Gasteiger charge is 2.29. The second-order valence-corrected chi connectivity index (χ2v) is 5.05. The number of rotatable bonds is 3. The van der Waals surface area contributed by atoms with Gasteiger partial charge in [-0.05, 0) is 30.3 Å². The number of fused-ring (bicyclic) bond motifs is 1. The van der Waals surface area contributed by atoms with Crippen LogP contribution in [0.2, 0.25) is 0 Å². The number of benzene rings is 2. The smallest absolute Gasteiger partial charge is 0.126 e. The first kappa shape index (κ1) is 13.1. The van der Waals surface area contributed by atoms with Crippen molar-refractivity contribution in [2.24, 2.45) is 0 Å². The summed E-state index contributed by atoms with van der Waals surface area (Å²) in [6.45, 7) is 2.91. The molecule has 0 aliphatic carbocycles. The first-order valence-electron chi connectivity index (χ1n) is 7.02. The minimum atomic E-state index is -0.214. The van der Waals surface area contributed by atoms with Crippen LogP contribution in [0.3, 0.4) is 0 Å². The zero-order chi connectivity index (χ0) is 13.9. The van der Waals surface area contributed by atoms with Gasteiger partial charge in [-0.15, -0.1) is 0 Å². The third kappa shape index (κ3) is 2.54. The fourth-order valence-corrected chi connectivity index (χ4v) is 2.75. The van der Waals surface area contributed by atoms with E-state index in [0.717, 1.165) is 29.8 Å². The van der Waals surface area contributed by atoms with Gasteiger partial charge in [0.15, 0.2) is 0 Å². The second-order valence-electron chi connectivity index (χ2n) is 5.05. The molecule has 3 rings (SSSR count). The minimum absolute atomic E-state index is 0.0122. The van der Waals surface area contributed by atoms with Gasteiger partial charge in [-0.1, -0.05) is 37.3 Å². The van der Waals surface area contributed by atoms with Crippen LogP contribution >= 0.6 is 0 Å². The molecule has 1 N–H and O–H groups in total. The van der Waals surface area contributed by atoms with Gasteiger partial charge >= 0.3 is 0 Å². The van der Waals surface area contributed by atoms with Crippen molar-refractivity contribution >= 4 is 0 Å². The molecule has 0 saturated heterocycles. The van der Waals surface area contributed by atoms with E-state index in [1.165, 1.54) is 6.07 Å². The van der Waals surface area contributed by atoms with E-state index in [-0.39, 0.29) is 18.0 Å². The van der Waals surface area contributed by atoms with Gasteiger partial charge in [0.05, 0.1) is 0 Å². The number of halogens is 1. The van der Waals surface area contributed by atoms with Gasteiger partial charge in [0.2, 0.25) is 0 Å². The summed E-state index contributed by atoms with van der Waals surface area (Å²) in [6.07, 6.45) is 0.826. The summed E-state index contributed by atoms with van der Waals surface area (Å²) in [4.78, 5) is 0.